The molecule has 0 aromatic heterocycles. The molecule has 106 valence electrons. The first kappa shape index (κ1) is 15.5. The van der Waals surface area contributed by atoms with Crippen LogP contribution >= 0.6 is 0 Å². The summed E-state index contributed by atoms with van der Waals surface area (Å²) >= 11 is 0. The van der Waals surface area contributed by atoms with Gasteiger partial charge < -0.3 is 19.3 Å². The van der Waals surface area contributed by atoms with Gasteiger partial charge in [0.15, 0.2) is 0 Å². The van der Waals surface area contributed by atoms with E-state index in [4.69, 9.17) is 9.47 Å². The Morgan fingerprint density at radius 2 is 1.42 bits per heavy atom. The third kappa shape index (κ3) is 3.49. The van der Waals surface area contributed by atoms with Gasteiger partial charge in [0.25, 0.3) is 0 Å². The van der Waals surface area contributed by atoms with Gasteiger partial charge in [-0.3, -0.25) is 0 Å². The lowest BCUT2D eigenvalue weighted by Gasteiger charge is -2.33. The SMILES string of the molecule is COC(C=C(N(C)C)N(C)C)(OC)c1ccccc1. The van der Waals surface area contributed by atoms with Crippen molar-refractivity contribution >= 4 is 0 Å². The van der Waals surface area contributed by atoms with Crippen molar-refractivity contribution in [1.82, 2.24) is 9.80 Å². The number of nitrogens with zero attached hydrogens (tertiary/aromatic N) is 2. The molecule has 0 spiro atoms. The Hall–Kier alpha value is -1.52. The molecular weight excluding hydrogens is 240 g/mol. The van der Waals surface area contributed by atoms with Crippen LogP contribution in [-0.2, 0) is 15.3 Å². The first-order chi connectivity index (χ1) is 8.96. The molecule has 0 aliphatic carbocycles. The molecule has 19 heavy (non-hydrogen) atoms. The van der Waals surface area contributed by atoms with Gasteiger partial charge in [-0.1, -0.05) is 30.3 Å². The molecule has 0 saturated heterocycles. The smallest absolute Gasteiger partial charge is 0.218 e. The second kappa shape index (κ2) is 6.59. The molecule has 0 aliphatic rings. The van der Waals surface area contributed by atoms with E-state index in [0.29, 0.717) is 0 Å². The predicted molar refractivity (Wildman–Crippen MR) is 77.6 cm³/mol. The van der Waals surface area contributed by atoms with Gasteiger partial charge in [0.1, 0.15) is 5.82 Å². The number of rotatable bonds is 6. The van der Waals surface area contributed by atoms with Crippen LogP contribution in [0.5, 0.6) is 0 Å². The fourth-order valence-electron chi connectivity index (χ4n) is 2.02. The highest BCUT2D eigenvalue weighted by atomic mass is 16.7. The van der Waals surface area contributed by atoms with Gasteiger partial charge in [0.05, 0.1) is 0 Å². The summed E-state index contributed by atoms with van der Waals surface area (Å²) in [6.07, 6.45) is 1.97. The molecule has 0 amide bonds. The van der Waals surface area contributed by atoms with Crippen molar-refractivity contribution in [2.45, 2.75) is 5.79 Å². The lowest BCUT2D eigenvalue weighted by molar-refractivity contribution is -0.179. The normalized spacial score (nSPS) is 11.1. The summed E-state index contributed by atoms with van der Waals surface area (Å²) in [5, 5.41) is 0. The van der Waals surface area contributed by atoms with Crippen molar-refractivity contribution in [3.8, 4) is 0 Å². The molecule has 1 aromatic carbocycles. The van der Waals surface area contributed by atoms with E-state index < -0.39 is 5.79 Å². The molecule has 0 fully saturated rings. The van der Waals surface area contributed by atoms with Crippen LogP contribution in [0.2, 0.25) is 0 Å². The minimum absolute atomic E-state index is 0.884. The summed E-state index contributed by atoms with van der Waals surface area (Å²) in [5.74, 6) is 0.123. The summed E-state index contributed by atoms with van der Waals surface area (Å²) in [4.78, 5) is 4.05. The van der Waals surface area contributed by atoms with Crippen LogP contribution < -0.4 is 0 Å². The Morgan fingerprint density at radius 1 is 0.947 bits per heavy atom. The maximum absolute atomic E-state index is 5.65. The Bertz CT molecular complexity index is 399. The van der Waals surface area contributed by atoms with Crippen molar-refractivity contribution in [1.29, 1.82) is 0 Å². The Kier molecular flexibility index (Phi) is 5.39. The topological polar surface area (TPSA) is 24.9 Å². The Morgan fingerprint density at radius 3 is 1.79 bits per heavy atom. The molecule has 0 heterocycles. The number of benzene rings is 1. The number of hydrogen-bond acceptors (Lipinski definition) is 4. The molecule has 0 aliphatic heterocycles. The molecule has 1 aromatic rings. The highest BCUT2D eigenvalue weighted by Gasteiger charge is 2.31. The zero-order valence-electron chi connectivity index (χ0n) is 12.7. The average Bonchev–Trinajstić information content (AvgIpc) is 2.41. The standard InChI is InChI=1S/C15H24N2O2/c1-16(2)14(17(3)4)12-15(18-5,19-6)13-10-8-7-9-11-13/h7-12H,1-6H3. The first-order valence-corrected chi connectivity index (χ1v) is 6.20. The molecule has 0 atom stereocenters. The van der Waals surface area contributed by atoms with E-state index in [1.807, 2.05) is 74.4 Å². The largest absolute Gasteiger partial charge is 0.365 e. The number of methoxy groups -OCH3 is 2. The second-order valence-corrected chi connectivity index (χ2v) is 4.73. The Balaban J connectivity index is 3.31. The molecular formula is C15H24N2O2. The summed E-state index contributed by atoms with van der Waals surface area (Å²) in [6, 6.07) is 9.91. The van der Waals surface area contributed by atoms with Crippen LogP contribution in [0.3, 0.4) is 0 Å². The monoisotopic (exact) mass is 264 g/mol. The third-order valence-electron chi connectivity index (χ3n) is 3.02. The van der Waals surface area contributed by atoms with Gasteiger partial charge in [-0.2, -0.15) is 0 Å². The van der Waals surface area contributed by atoms with Crippen LogP contribution in [0.25, 0.3) is 0 Å². The van der Waals surface area contributed by atoms with Crippen molar-refractivity contribution in [2.24, 2.45) is 0 Å². The van der Waals surface area contributed by atoms with Crippen LogP contribution in [0.1, 0.15) is 5.56 Å². The van der Waals surface area contributed by atoms with E-state index in [0.717, 1.165) is 11.4 Å². The molecule has 4 heteroatoms. The van der Waals surface area contributed by atoms with E-state index in [1.54, 1.807) is 14.2 Å². The minimum Gasteiger partial charge on any atom is -0.365 e. The Labute approximate surface area is 116 Å². The van der Waals surface area contributed by atoms with Gasteiger partial charge in [-0.15, -0.1) is 0 Å². The van der Waals surface area contributed by atoms with Gasteiger partial charge in [0.2, 0.25) is 5.79 Å². The van der Waals surface area contributed by atoms with Gasteiger partial charge >= 0.3 is 0 Å². The maximum Gasteiger partial charge on any atom is 0.218 e. The summed E-state index contributed by atoms with van der Waals surface area (Å²) in [7, 11) is 11.3. The van der Waals surface area contributed by atoms with Gasteiger partial charge in [-0.25, -0.2) is 0 Å². The van der Waals surface area contributed by atoms with Crippen LogP contribution in [-0.4, -0.2) is 52.2 Å². The second-order valence-electron chi connectivity index (χ2n) is 4.73. The van der Waals surface area contributed by atoms with E-state index in [1.165, 1.54) is 0 Å². The van der Waals surface area contributed by atoms with E-state index in [-0.39, 0.29) is 0 Å². The zero-order chi connectivity index (χ0) is 14.5. The zero-order valence-corrected chi connectivity index (χ0v) is 12.7. The van der Waals surface area contributed by atoms with Crippen molar-refractivity contribution < 1.29 is 9.47 Å². The van der Waals surface area contributed by atoms with E-state index in [9.17, 15) is 0 Å². The fraction of sp³-hybridized carbons (Fsp3) is 0.467. The minimum atomic E-state index is -0.884. The fourth-order valence-corrected chi connectivity index (χ4v) is 2.02. The molecule has 0 unspecified atom stereocenters. The third-order valence-corrected chi connectivity index (χ3v) is 3.02. The molecule has 0 saturated carbocycles. The van der Waals surface area contributed by atoms with Gasteiger partial charge in [-0.05, 0) is 0 Å². The highest BCUT2D eigenvalue weighted by molar-refractivity contribution is 5.26. The summed E-state index contributed by atoms with van der Waals surface area (Å²) < 4.78 is 11.3. The highest BCUT2D eigenvalue weighted by Crippen LogP contribution is 2.29. The molecule has 4 nitrogen and oxygen atoms in total. The van der Waals surface area contributed by atoms with Crippen molar-refractivity contribution in [2.75, 3.05) is 42.4 Å². The summed E-state index contributed by atoms with van der Waals surface area (Å²) in [5.41, 5.74) is 0.959. The number of hydrogen-bond donors (Lipinski definition) is 0. The van der Waals surface area contributed by atoms with Crippen LogP contribution in [0.4, 0.5) is 0 Å². The van der Waals surface area contributed by atoms with Crippen LogP contribution in [0, 0.1) is 0 Å². The summed E-state index contributed by atoms with van der Waals surface area (Å²) in [6.45, 7) is 0. The maximum atomic E-state index is 5.65. The van der Waals surface area contributed by atoms with Gasteiger partial charge in [0, 0.05) is 54.0 Å². The van der Waals surface area contributed by atoms with Crippen molar-refractivity contribution in [3.05, 3.63) is 47.8 Å². The molecule has 0 radical (unpaired) electrons. The lowest BCUT2D eigenvalue weighted by Crippen LogP contribution is -2.33. The molecule has 0 N–H and O–H groups in total. The van der Waals surface area contributed by atoms with Crippen LogP contribution in [0.15, 0.2) is 42.2 Å². The first-order valence-electron chi connectivity index (χ1n) is 6.20. The molecule has 0 bridgehead atoms. The molecule has 1 rings (SSSR count). The predicted octanol–water partition coefficient (Wildman–Crippen LogP) is 2.10. The van der Waals surface area contributed by atoms with Crippen molar-refractivity contribution in [3.63, 3.8) is 0 Å². The van der Waals surface area contributed by atoms with E-state index in [2.05, 4.69) is 0 Å². The number of ether oxygens (including phenoxy) is 2. The lowest BCUT2D eigenvalue weighted by atomic mass is 10.0. The quantitative estimate of drug-likeness (QED) is 0.735. The van der Waals surface area contributed by atoms with E-state index >= 15 is 0 Å². The average molecular weight is 264 g/mol.